The van der Waals surface area contributed by atoms with E-state index in [1.807, 2.05) is 7.11 Å². The van der Waals surface area contributed by atoms with Gasteiger partial charge in [0.2, 0.25) is 0 Å². The number of piperidine rings is 2. The largest absolute Gasteiger partial charge is 0.378 e. The number of hydrogen-bond acceptors (Lipinski definition) is 3. The van der Waals surface area contributed by atoms with Gasteiger partial charge < -0.3 is 20.3 Å². The SMILES string of the molecule is CCN=C(NC1CC2CCCC(C1)N2C)NC1CC(C)(OC)C1(C)C.I. The first-order chi connectivity index (χ1) is 11.8. The van der Waals surface area contributed by atoms with Crippen molar-refractivity contribution >= 4 is 29.9 Å². The summed E-state index contributed by atoms with van der Waals surface area (Å²) in [6.07, 6.45) is 7.59. The van der Waals surface area contributed by atoms with Gasteiger partial charge in [0.1, 0.15) is 0 Å². The molecule has 4 unspecified atom stereocenters. The number of fused-ring (bicyclic) bond motifs is 2. The third-order valence-electron chi connectivity index (χ3n) is 7.59. The monoisotopic (exact) mass is 478 g/mol. The molecule has 2 N–H and O–H groups in total. The van der Waals surface area contributed by atoms with Crippen molar-refractivity contribution in [3.8, 4) is 0 Å². The van der Waals surface area contributed by atoms with Crippen molar-refractivity contribution < 1.29 is 4.74 Å². The zero-order valence-electron chi connectivity index (χ0n) is 17.5. The molecule has 0 aromatic rings. The lowest BCUT2D eigenvalue weighted by atomic mass is 9.56. The van der Waals surface area contributed by atoms with Gasteiger partial charge in [0.25, 0.3) is 0 Å². The quantitative estimate of drug-likeness (QED) is 0.370. The second-order valence-electron chi connectivity index (χ2n) is 9.10. The molecule has 26 heavy (non-hydrogen) atoms. The van der Waals surface area contributed by atoms with Crippen molar-refractivity contribution in [2.45, 2.75) is 96.0 Å². The van der Waals surface area contributed by atoms with Crippen molar-refractivity contribution in [1.82, 2.24) is 15.5 Å². The lowest BCUT2D eigenvalue weighted by Gasteiger charge is -2.59. The molecular formula is C20H39IN4O. The van der Waals surface area contributed by atoms with Crippen LogP contribution in [0.4, 0.5) is 0 Å². The lowest BCUT2D eigenvalue weighted by Crippen LogP contribution is -2.70. The Bertz CT molecular complexity index is 498. The van der Waals surface area contributed by atoms with Gasteiger partial charge in [0.15, 0.2) is 5.96 Å². The summed E-state index contributed by atoms with van der Waals surface area (Å²) in [5, 5.41) is 7.46. The number of nitrogens with one attached hydrogen (secondary N) is 2. The van der Waals surface area contributed by atoms with E-state index in [0.717, 1.165) is 31.0 Å². The fourth-order valence-corrected chi connectivity index (χ4v) is 5.11. The first-order valence-electron chi connectivity index (χ1n) is 10.2. The first kappa shape index (κ1) is 22.2. The number of guanidine groups is 1. The van der Waals surface area contributed by atoms with Gasteiger partial charge in [-0.25, -0.2) is 0 Å². The topological polar surface area (TPSA) is 48.9 Å². The number of nitrogens with zero attached hydrogens (tertiary/aromatic N) is 2. The Morgan fingerprint density at radius 2 is 1.77 bits per heavy atom. The number of ether oxygens (including phenoxy) is 1. The summed E-state index contributed by atoms with van der Waals surface area (Å²) in [4.78, 5) is 7.35. The summed E-state index contributed by atoms with van der Waals surface area (Å²) in [5.74, 6) is 0.992. The molecule has 3 aliphatic rings. The van der Waals surface area contributed by atoms with Crippen LogP contribution in [0.2, 0.25) is 0 Å². The van der Waals surface area contributed by atoms with Crippen molar-refractivity contribution in [1.29, 1.82) is 0 Å². The predicted molar refractivity (Wildman–Crippen MR) is 119 cm³/mol. The number of methoxy groups -OCH3 is 1. The van der Waals surface area contributed by atoms with E-state index < -0.39 is 0 Å². The molecule has 0 aromatic heterocycles. The van der Waals surface area contributed by atoms with Gasteiger partial charge in [-0.2, -0.15) is 0 Å². The minimum absolute atomic E-state index is 0. The standard InChI is InChI=1S/C20H38N4O.HI/c1-7-21-18(23-17-13-20(4,25-6)19(17,2)3)22-14-11-15-9-8-10-16(12-14)24(15)5;/h14-17H,7-13H2,1-6H3,(H2,21,22,23);1H. The predicted octanol–water partition coefficient (Wildman–Crippen LogP) is 3.38. The Kier molecular flexibility index (Phi) is 7.27. The van der Waals surface area contributed by atoms with Crippen LogP contribution in [0.25, 0.3) is 0 Å². The molecule has 2 bridgehead atoms. The van der Waals surface area contributed by atoms with E-state index in [1.165, 1.54) is 32.1 Å². The van der Waals surface area contributed by atoms with Crippen LogP contribution >= 0.6 is 24.0 Å². The molecule has 0 spiro atoms. The number of halogens is 1. The van der Waals surface area contributed by atoms with Crippen LogP contribution in [-0.4, -0.2) is 61.3 Å². The number of aliphatic imine (C=N–C) groups is 1. The molecule has 4 atom stereocenters. The van der Waals surface area contributed by atoms with E-state index in [2.05, 4.69) is 50.3 Å². The fourth-order valence-electron chi connectivity index (χ4n) is 5.11. The summed E-state index contributed by atoms with van der Waals surface area (Å²) < 4.78 is 5.77. The number of hydrogen-bond donors (Lipinski definition) is 2. The highest BCUT2D eigenvalue weighted by atomic mass is 127. The first-order valence-corrected chi connectivity index (χ1v) is 10.2. The molecule has 5 nitrogen and oxygen atoms in total. The molecule has 0 amide bonds. The second-order valence-corrected chi connectivity index (χ2v) is 9.10. The average Bonchev–Trinajstić information content (AvgIpc) is 2.55. The van der Waals surface area contributed by atoms with Crippen LogP contribution < -0.4 is 10.6 Å². The molecular weight excluding hydrogens is 439 g/mol. The van der Waals surface area contributed by atoms with Crippen molar-refractivity contribution in [2.24, 2.45) is 10.4 Å². The highest BCUT2D eigenvalue weighted by Gasteiger charge is 2.58. The van der Waals surface area contributed by atoms with Crippen LogP contribution in [0.3, 0.4) is 0 Å². The molecule has 1 aliphatic carbocycles. The summed E-state index contributed by atoms with van der Waals surface area (Å²) in [6.45, 7) is 9.72. The Hall–Kier alpha value is -0.0800. The van der Waals surface area contributed by atoms with Crippen LogP contribution in [0.5, 0.6) is 0 Å². The zero-order chi connectivity index (χ0) is 18.2. The Balaban J connectivity index is 0.00000243. The molecule has 2 heterocycles. The van der Waals surface area contributed by atoms with E-state index in [-0.39, 0.29) is 35.0 Å². The minimum atomic E-state index is -0.0490. The van der Waals surface area contributed by atoms with E-state index in [0.29, 0.717) is 12.1 Å². The van der Waals surface area contributed by atoms with Crippen LogP contribution in [-0.2, 0) is 4.74 Å². The van der Waals surface area contributed by atoms with Crippen molar-refractivity contribution in [3.63, 3.8) is 0 Å². The average molecular weight is 478 g/mol. The molecule has 152 valence electrons. The third kappa shape index (κ3) is 4.02. The highest BCUT2D eigenvalue weighted by molar-refractivity contribution is 14.0. The van der Waals surface area contributed by atoms with E-state index in [9.17, 15) is 0 Å². The fraction of sp³-hybridized carbons (Fsp3) is 0.950. The molecule has 2 aliphatic heterocycles. The van der Waals surface area contributed by atoms with Crippen LogP contribution in [0.15, 0.2) is 4.99 Å². The van der Waals surface area contributed by atoms with Crippen molar-refractivity contribution in [3.05, 3.63) is 0 Å². The Morgan fingerprint density at radius 3 is 2.27 bits per heavy atom. The number of rotatable bonds is 4. The summed E-state index contributed by atoms with van der Waals surface area (Å²) in [6, 6.07) is 2.43. The van der Waals surface area contributed by atoms with E-state index in [4.69, 9.17) is 9.73 Å². The van der Waals surface area contributed by atoms with Crippen LogP contribution in [0, 0.1) is 5.41 Å². The molecule has 0 radical (unpaired) electrons. The van der Waals surface area contributed by atoms with Gasteiger partial charge in [-0.1, -0.05) is 20.3 Å². The summed E-state index contributed by atoms with van der Waals surface area (Å²) >= 11 is 0. The van der Waals surface area contributed by atoms with E-state index in [1.54, 1.807) is 0 Å². The maximum atomic E-state index is 5.77. The Labute approximate surface area is 177 Å². The molecule has 6 heteroatoms. The van der Waals surface area contributed by atoms with Crippen molar-refractivity contribution in [2.75, 3.05) is 20.7 Å². The molecule has 3 rings (SSSR count). The van der Waals surface area contributed by atoms with E-state index >= 15 is 0 Å². The Morgan fingerprint density at radius 1 is 1.15 bits per heavy atom. The van der Waals surface area contributed by atoms with Gasteiger partial charge in [0.05, 0.1) is 5.60 Å². The highest BCUT2D eigenvalue weighted by Crippen LogP contribution is 2.51. The van der Waals surface area contributed by atoms with Gasteiger partial charge in [0, 0.05) is 43.2 Å². The lowest BCUT2D eigenvalue weighted by molar-refractivity contribution is -0.176. The molecule has 1 saturated carbocycles. The van der Waals surface area contributed by atoms with Gasteiger partial charge in [-0.15, -0.1) is 24.0 Å². The molecule has 0 aromatic carbocycles. The maximum Gasteiger partial charge on any atom is 0.191 e. The molecule has 3 fully saturated rings. The summed E-state index contributed by atoms with van der Waals surface area (Å²) in [5.41, 5.74) is 0.0494. The second kappa shape index (κ2) is 8.52. The smallest absolute Gasteiger partial charge is 0.191 e. The third-order valence-corrected chi connectivity index (χ3v) is 7.59. The summed E-state index contributed by atoms with van der Waals surface area (Å²) in [7, 11) is 4.14. The zero-order valence-corrected chi connectivity index (χ0v) is 19.8. The molecule has 2 saturated heterocycles. The van der Waals surface area contributed by atoms with Crippen LogP contribution in [0.1, 0.15) is 66.2 Å². The van der Waals surface area contributed by atoms with Gasteiger partial charge in [-0.05, 0) is 53.0 Å². The normalized spacial score (nSPS) is 39.5. The van der Waals surface area contributed by atoms with Gasteiger partial charge >= 0.3 is 0 Å². The maximum absolute atomic E-state index is 5.77. The van der Waals surface area contributed by atoms with Gasteiger partial charge in [-0.3, -0.25) is 4.99 Å². The minimum Gasteiger partial charge on any atom is -0.378 e.